The van der Waals surface area contributed by atoms with Gasteiger partial charge in [0.05, 0.1) is 33.0 Å². The van der Waals surface area contributed by atoms with Crippen LogP contribution in [0.25, 0.3) is 0 Å². The number of esters is 1. The first-order valence-electron chi connectivity index (χ1n) is 14.6. The van der Waals surface area contributed by atoms with Crippen LogP contribution < -0.4 is 0 Å². The van der Waals surface area contributed by atoms with Gasteiger partial charge in [-0.2, -0.15) is 0 Å². The number of carbonyl (C=O) groups excluding carboxylic acids is 1. The first kappa shape index (κ1) is 30.6. The Hall–Kier alpha value is -3.85. The Kier molecular flexibility index (Phi) is 11.5. The van der Waals surface area contributed by atoms with Crippen LogP contribution in [0, 0.1) is 0 Å². The van der Waals surface area contributed by atoms with Crippen LogP contribution in [0.3, 0.4) is 0 Å². The van der Waals surface area contributed by atoms with Gasteiger partial charge in [0, 0.05) is 6.92 Å². The van der Waals surface area contributed by atoms with E-state index in [-0.39, 0.29) is 13.2 Å². The number of ether oxygens (including phenoxy) is 6. The fourth-order valence-electron chi connectivity index (χ4n) is 5.01. The van der Waals surface area contributed by atoms with E-state index in [9.17, 15) is 4.79 Å². The fraction of sp³-hybridized carbons (Fsp3) is 0.306. The van der Waals surface area contributed by atoms with Crippen LogP contribution in [0.1, 0.15) is 29.2 Å². The molecule has 1 aliphatic rings. The summed E-state index contributed by atoms with van der Waals surface area (Å²) in [6.07, 6.45) is -3.62. The van der Waals surface area contributed by atoms with Crippen molar-refractivity contribution in [2.45, 2.75) is 64.1 Å². The molecule has 0 radical (unpaired) electrons. The highest BCUT2D eigenvalue weighted by Crippen LogP contribution is 2.31. The molecule has 7 heteroatoms. The van der Waals surface area contributed by atoms with E-state index in [2.05, 4.69) is 0 Å². The van der Waals surface area contributed by atoms with Gasteiger partial charge in [0.15, 0.2) is 0 Å². The molecule has 0 aromatic heterocycles. The van der Waals surface area contributed by atoms with E-state index in [1.54, 1.807) is 0 Å². The maximum Gasteiger partial charge on any atom is 0.305 e. The van der Waals surface area contributed by atoms with Crippen molar-refractivity contribution in [2.75, 3.05) is 6.61 Å². The molecule has 1 heterocycles. The lowest BCUT2D eigenvalue weighted by Crippen LogP contribution is -2.62. The van der Waals surface area contributed by atoms with Gasteiger partial charge in [-0.1, -0.05) is 121 Å². The highest BCUT2D eigenvalue weighted by atomic mass is 16.7. The standard InChI is InChI=1S/C36H38O7/c1-27(37)42-36-35(41-25-31-20-12-5-13-21-31)34(40-24-30-18-10-4-11-19-30)33(39-23-29-16-8-3-9-17-29)32(43-36)26-38-22-28-14-6-2-7-15-28/h2-21,32-36H,22-26H2,1H3. The Balaban J connectivity index is 1.42. The second-order valence-electron chi connectivity index (χ2n) is 10.4. The maximum absolute atomic E-state index is 12.3. The molecule has 43 heavy (non-hydrogen) atoms. The molecule has 1 fully saturated rings. The molecular weight excluding hydrogens is 544 g/mol. The van der Waals surface area contributed by atoms with Crippen LogP contribution in [-0.4, -0.2) is 43.3 Å². The molecule has 4 aromatic rings. The first-order valence-corrected chi connectivity index (χ1v) is 14.6. The smallest absolute Gasteiger partial charge is 0.305 e. The van der Waals surface area contributed by atoms with E-state index in [1.807, 2.05) is 121 Å². The van der Waals surface area contributed by atoms with Crippen molar-refractivity contribution in [3.63, 3.8) is 0 Å². The zero-order valence-corrected chi connectivity index (χ0v) is 24.3. The Bertz CT molecular complexity index is 1350. The number of rotatable bonds is 14. The van der Waals surface area contributed by atoms with Crippen molar-refractivity contribution >= 4 is 5.97 Å². The molecule has 1 saturated heterocycles. The van der Waals surface area contributed by atoms with Gasteiger partial charge < -0.3 is 28.4 Å². The minimum atomic E-state index is -1.02. The summed E-state index contributed by atoms with van der Waals surface area (Å²) < 4.78 is 37.9. The van der Waals surface area contributed by atoms with E-state index in [0.29, 0.717) is 19.8 Å². The van der Waals surface area contributed by atoms with Gasteiger partial charge in [-0.3, -0.25) is 4.79 Å². The second-order valence-corrected chi connectivity index (χ2v) is 10.4. The summed E-state index contributed by atoms with van der Waals surface area (Å²) in [5, 5.41) is 0. The van der Waals surface area contributed by atoms with Crippen LogP contribution >= 0.6 is 0 Å². The summed E-state index contributed by atoms with van der Waals surface area (Å²) in [6, 6.07) is 39.6. The van der Waals surface area contributed by atoms with Crippen molar-refractivity contribution in [3.05, 3.63) is 144 Å². The van der Waals surface area contributed by atoms with Gasteiger partial charge >= 0.3 is 5.97 Å². The summed E-state index contributed by atoms with van der Waals surface area (Å²) in [7, 11) is 0. The molecule has 0 bridgehead atoms. The molecule has 5 unspecified atom stereocenters. The minimum Gasteiger partial charge on any atom is -0.433 e. The monoisotopic (exact) mass is 582 g/mol. The molecular formula is C36H38O7. The Morgan fingerprint density at radius 2 is 0.953 bits per heavy atom. The summed E-state index contributed by atoms with van der Waals surface area (Å²) in [5.41, 5.74) is 4.02. The normalized spacial score (nSPS) is 21.7. The molecule has 0 spiro atoms. The zero-order chi connectivity index (χ0) is 29.7. The van der Waals surface area contributed by atoms with Crippen molar-refractivity contribution in [1.82, 2.24) is 0 Å². The van der Waals surface area contributed by atoms with Crippen LogP contribution in [-0.2, 0) is 59.6 Å². The Morgan fingerprint density at radius 3 is 1.40 bits per heavy atom. The highest BCUT2D eigenvalue weighted by molar-refractivity contribution is 5.66. The summed E-state index contributed by atoms with van der Waals surface area (Å²) >= 11 is 0. The fourth-order valence-corrected chi connectivity index (χ4v) is 5.01. The third-order valence-electron chi connectivity index (χ3n) is 7.12. The average Bonchev–Trinajstić information content (AvgIpc) is 3.04. The zero-order valence-electron chi connectivity index (χ0n) is 24.3. The molecule has 0 amide bonds. The topological polar surface area (TPSA) is 72.5 Å². The number of hydrogen-bond donors (Lipinski definition) is 0. The number of benzene rings is 4. The van der Waals surface area contributed by atoms with Crippen LogP contribution in [0.15, 0.2) is 121 Å². The molecule has 0 N–H and O–H groups in total. The van der Waals surface area contributed by atoms with E-state index >= 15 is 0 Å². The minimum absolute atomic E-state index is 0.197. The molecule has 1 aliphatic heterocycles. The lowest BCUT2D eigenvalue weighted by atomic mass is 9.97. The molecule has 0 aliphatic carbocycles. The summed E-state index contributed by atoms with van der Waals surface area (Å²) in [5.74, 6) is -0.479. The quantitative estimate of drug-likeness (QED) is 0.163. The Morgan fingerprint density at radius 1 is 0.558 bits per heavy atom. The van der Waals surface area contributed by atoms with Crippen LogP contribution in [0.5, 0.6) is 0 Å². The molecule has 224 valence electrons. The molecule has 5 rings (SSSR count). The summed E-state index contributed by atoms with van der Waals surface area (Å²) in [4.78, 5) is 12.3. The SMILES string of the molecule is CC(=O)OC1OC(COCc2ccccc2)C(OCc2ccccc2)C(OCc2ccccc2)C1OCc1ccccc1. The molecule has 5 atom stereocenters. The molecule has 7 nitrogen and oxygen atoms in total. The van der Waals surface area contributed by atoms with Gasteiger partial charge in [-0.25, -0.2) is 0 Å². The maximum atomic E-state index is 12.3. The highest BCUT2D eigenvalue weighted by Gasteiger charge is 2.50. The van der Waals surface area contributed by atoms with E-state index < -0.39 is 36.7 Å². The van der Waals surface area contributed by atoms with Crippen molar-refractivity contribution in [3.8, 4) is 0 Å². The van der Waals surface area contributed by atoms with Crippen LogP contribution in [0.4, 0.5) is 0 Å². The number of carbonyl (C=O) groups is 1. The van der Waals surface area contributed by atoms with Gasteiger partial charge in [0.1, 0.15) is 24.4 Å². The van der Waals surface area contributed by atoms with Gasteiger partial charge in [-0.15, -0.1) is 0 Å². The first-order chi connectivity index (χ1) is 21.2. The predicted molar refractivity (Wildman–Crippen MR) is 162 cm³/mol. The molecule has 0 saturated carbocycles. The van der Waals surface area contributed by atoms with Gasteiger partial charge in [0.2, 0.25) is 6.29 Å². The lowest BCUT2D eigenvalue weighted by molar-refractivity contribution is -0.320. The van der Waals surface area contributed by atoms with E-state index in [0.717, 1.165) is 22.3 Å². The van der Waals surface area contributed by atoms with Crippen molar-refractivity contribution in [1.29, 1.82) is 0 Å². The van der Waals surface area contributed by atoms with E-state index in [1.165, 1.54) is 6.92 Å². The predicted octanol–water partition coefficient (Wildman–Crippen LogP) is 6.25. The Labute approximate surface area is 253 Å². The largest absolute Gasteiger partial charge is 0.433 e. The third-order valence-corrected chi connectivity index (χ3v) is 7.12. The van der Waals surface area contributed by atoms with Crippen molar-refractivity contribution < 1.29 is 33.2 Å². The van der Waals surface area contributed by atoms with Gasteiger partial charge in [0.25, 0.3) is 0 Å². The average molecular weight is 583 g/mol. The van der Waals surface area contributed by atoms with Crippen LogP contribution in [0.2, 0.25) is 0 Å². The lowest BCUT2D eigenvalue weighted by Gasteiger charge is -2.45. The van der Waals surface area contributed by atoms with E-state index in [4.69, 9.17) is 28.4 Å². The molecule has 4 aromatic carbocycles. The third kappa shape index (κ3) is 9.32. The van der Waals surface area contributed by atoms with Gasteiger partial charge in [-0.05, 0) is 22.3 Å². The summed E-state index contributed by atoms with van der Waals surface area (Å²) in [6.45, 7) is 2.87. The number of hydrogen-bond acceptors (Lipinski definition) is 7. The van der Waals surface area contributed by atoms with Crippen molar-refractivity contribution in [2.24, 2.45) is 0 Å². The second kappa shape index (κ2) is 16.1.